The van der Waals surface area contributed by atoms with E-state index in [0.717, 1.165) is 30.3 Å². The molecule has 1 saturated heterocycles. The fraction of sp³-hybridized carbons (Fsp3) is 0.615. The van der Waals surface area contributed by atoms with Crippen molar-refractivity contribution in [3.8, 4) is 0 Å². The van der Waals surface area contributed by atoms with Gasteiger partial charge in [-0.05, 0) is 20.4 Å². The predicted molar refractivity (Wildman–Crippen MR) is 78.0 cm³/mol. The first kappa shape index (κ1) is 12.9. The highest BCUT2D eigenvalue weighted by Crippen LogP contribution is 2.27. The summed E-state index contributed by atoms with van der Waals surface area (Å²) in [5.74, 6) is 1.08. The number of nitrogens with zero attached hydrogens (tertiary/aromatic N) is 3. The molecule has 2 N–H and O–H groups in total. The van der Waals surface area contributed by atoms with Crippen LogP contribution in [0.5, 0.6) is 0 Å². The van der Waals surface area contributed by atoms with Crippen molar-refractivity contribution in [1.82, 2.24) is 9.38 Å². The van der Waals surface area contributed by atoms with E-state index < -0.39 is 0 Å². The number of rotatable bonds is 3. The summed E-state index contributed by atoms with van der Waals surface area (Å²) in [4.78, 5) is 8.16. The van der Waals surface area contributed by atoms with Gasteiger partial charge in [-0.25, -0.2) is 4.98 Å². The maximum absolute atomic E-state index is 5.79. The Balaban J connectivity index is 1.98. The molecule has 5 nitrogen and oxygen atoms in total. The van der Waals surface area contributed by atoms with Gasteiger partial charge in [-0.1, -0.05) is 0 Å². The fourth-order valence-corrected chi connectivity index (χ4v) is 3.52. The van der Waals surface area contributed by atoms with E-state index in [1.54, 1.807) is 11.3 Å². The lowest BCUT2D eigenvalue weighted by atomic mass is 10.2. The normalized spacial score (nSPS) is 24.3. The van der Waals surface area contributed by atoms with E-state index >= 15 is 0 Å². The van der Waals surface area contributed by atoms with Crippen molar-refractivity contribution in [3.63, 3.8) is 0 Å². The molecule has 0 spiro atoms. The molecule has 1 fully saturated rings. The van der Waals surface area contributed by atoms with E-state index in [-0.39, 0.29) is 12.2 Å². The number of aromatic nitrogens is 2. The van der Waals surface area contributed by atoms with E-state index in [0.29, 0.717) is 6.54 Å². The Labute approximate surface area is 117 Å². The van der Waals surface area contributed by atoms with Crippen LogP contribution < -0.4 is 10.6 Å². The fourth-order valence-electron chi connectivity index (χ4n) is 2.79. The second kappa shape index (κ2) is 5.11. The number of fused-ring (bicyclic) bond motifs is 1. The van der Waals surface area contributed by atoms with Gasteiger partial charge in [-0.2, -0.15) is 0 Å². The summed E-state index contributed by atoms with van der Waals surface area (Å²) in [6.45, 7) is 6.67. The molecule has 0 amide bonds. The molecule has 0 radical (unpaired) electrons. The Kier molecular flexibility index (Phi) is 3.47. The van der Waals surface area contributed by atoms with Crippen LogP contribution >= 0.6 is 11.3 Å². The van der Waals surface area contributed by atoms with E-state index in [1.165, 1.54) is 5.69 Å². The van der Waals surface area contributed by atoms with E-state index in [9.17, 15) is 0 Å². The molecule has 104 valence electrons. The zero-order chi connectivity index (χ0) is 13.4. The minimum Gasteiger partial charge on any atom is -0.372 e. The molecule has 1 aliphatic heterocycles. The Morgan fingerprint density at radius 1 is 1.42 bits per heavy atom. The molecule has 0 aromatic carbocycles. The van der Waals surface area contributed by atoms with Gasteiger partial charge in [-0.3, -0.25) is 4.40 Å². The molecule has 19 heavy (non-hydrogen) atoms. The maximum atomic E-state index is 5.79. The van der Waals surface area contributed by atoms with Crippen LogP contribution in [-0.2, 0) is 11.2 Å². The molecule has 0 bridgehead atoms. The second-order valence-electron chi connectivity index (χ2n) is 5.14. The van der Waals surface area contributed by atoms with Crippen molar-refractivity contribution in [3.05, 3.63) is 17.3 Å². The quantitative estimate of drug-likeness (QED) is 0.926. The smallest absolute Gasteiger partial charge is 0.195 e. The Morgan fingerprint density at radius 2 is 2.16 bits per heavy atom. The van der Waals surface area contributed by atoms with Crippen LogP contribution in [0.3, 0.4) is 0 Å². The third-order valence-electron chi connectivity index (χ3n) is 3.44. The molecular weight excluding hydrogens is 260 g/mol. The lowest BCUT2D eigenvalue weighted by Gasteiger charge is -2.36. The van der Waals surface area contributed by atoms with Crippen LogP contribution in [-0.4, -0.2) is 41.2 Å². The Bertz CT molecular complexity index is 554. The van der Waals surface area contributed by atoms with Gasteiger partial charge in [0.15, 0.2) is 10.8 Å². The first-order chi connectivity index (χ1) is 9.19. The Hall–Kier alpha value is -1.11. The lowest BCUT2D eigenvalue weighted by molar-refractivity contribution is -0.00547. The number of nitrogens with two attached hydrogens (primary N) is 1. The number of imidazole rings is 1. The zero-order valence-electron chi connectivity index (χ0n) is 11.4. The maximum Gasteiger partial charge on any atom is 0.195 e. The highest BCUT2D eigenvalue weighted by Gasteiger charge is 2.26. The summed E-state index contributed by atoms with van der Waals surface area (Å²) in [5.41, 5.74) is 6.97. The van der Waals surface area contributed by atoms with Crippen LogP contribution in [0.2, 0.25) is 0 Å². The van der Waals surface area contributed by atoms with Crippen molar-refractivity contribution in [2.45, 2.75) is 32.5 Å². The van der Waals surface area contributed by atoms with Crippen molar-refractivity contribution in [1.29, 1.82) is 0 Å². The SMILES string of the molecule is C[C@@H]1CN(c2nc3sccn3c2CCN)C[C@H](C)O1. The predicted octanol–water partition coefficient (Wildman–Crippen LogP) is 1.51. The Morgan fingerprint density at radius 3 is 2.84 bits per heavy atom. The van der Waals surface area contributed by atoms with Gasteiger partial charge in [0.1, 0.15) is 0 Å². The molecule has 0 aliphatic carbocycles. The number of thiazole rings is 1. The molecule has 3 heterocycles. The summed E-state index contributed by atoms with van der Waals surface area (Å²) < 4.78 is 7.96. The monoisotopic (exact) mass is 280 g/mol. The molecule has 3 rings (SSSR count). The van der Waals surface area contributed by atoms with Crippen LogP contribution in [0.25, 0.3) is 4.96 Å². The third kappa shape index (κ3) is 2.35. The van der Waals surface area contributed by atoms with Gasteiger partial charge in [0.2, 0.25) is 0 Å². The van der Waals surface area contributed by atoms with Gasteiger partial charge in [0, 0.05) is 31.1 Å². The molecule has 6 heteroatoms. The topological polar surface area (TPSA) is 55.8 Å². The van der Waals surface area contributed by atoms with E-state index in [2.05, 4.69) is 34.7 Å². The largest absolute Gasteiger partial charge is 0.372 e. The number of hydrogen-bond acceptors (Lipinski definition) is 5. The van der Waals surface area contributed by atoms with Gasteiger partial charge in [-0.15, -0.1) is 11.3 Å². The van der Waals surface area contributed by atoms with E-state index in [4.69, 9.17) is 15.5 Å². The lowest BCUT2D eigenvalue weighted by Crippen LogP contribution is -2.46. The minimum absolute atomic E-state index is 0.245. The number of anilines is 1. The van der Waals surface area contributed by atoms with Crippen molar-refractivity contribution < 1.29 is 4.74 Å². The highest BCUT2D eigenvalue weighted by molar-refractivity contribution is 7.15. The summed E-state index contributed by atoms with van der Waals surface area (Å²) >= 11 is 1.67. The van der Waals surface area contributed by atoms with Crippen LogP contribution in [0.15, 0.2) is 11.6 Å². The first-order valence-corrected chi connectivity index (χ1v) is 7.62. The summed E-state index contributed by atoms with van der Waals surface area (Å²) in [6, 6.07) is 0. The summed E-state index contributed by atoms with van der Waals surface area (Å²) in [6.07, 6.45) is 3.42. The zero-order valence-corrected chi connectivity index (χ0v) is 12.2. The number of ether oxygens (including phenoxy) is 1. The molecule has 1 aliphatic rings. The summed E-state index contributed by atoms with van der Waals surface area (Å²) in [5, 5.41) is 2.07. The minimum atomic E-state index is 0.245. The first-order valence-electron chi connectivity index (χ1n) is 6.74. The highest BCUT2D eigenvalue weighted by atomic mass is 32.1. The van der Waals surface area contributed by atoms with Crippen LogP contribution in [0.4, 0.5) is 5.82 Å². The van der Waals surface area contributed by atoms with Gasteiger partial charge >= 0.3 is 0 Å². The average Bonchev–Trinajstić information content (AvgIpc) is 2.90. The molecule has 2 atom stereocenters. The molecule has 2 aromatic heterocycles. The average molecular weight is 280 g/mol. The van der Waals surface area contributed by atoms with Gasteiger partial charge in [0.05, 0.1) is 17.9 Å². The van der Waals surface area contributed by atoms with Crippen LogP contribution in [0, 0.1) is 0 Å². The van der Waals surface area contributed by atoms with Crippen LogP contribution in [0.1, 0.15) is 19.5 Å². The molecule has 0 saturated carbocycles. The number of morpholine rings is 1. The second-order valence-corrected chi connectivity index (χ2v) is 6.01. The van der Waals surface area contributed by atoms with Gasteiger partial charge in [0.25, 0.3) is 0 Å². The third-order valence-corrected chi connectivity index (χ3v) is 4.20. The van der Waals surface area contributed by atoms with E-state index in [1.807, 2.05) is 0 Å². The van der Waals surface area contributed by atoms with Gasteiger partial charge < -0.3 is 15.4 Å². The standard InChI is InChI=1S/C13H20N4OS/c1-9-7-16(8-10(2)18-9)12-11(3-4-14)17-5-6-19-13(17)15-12/h5-6,9-10H,3-4,7-8,14H2,1-2H3/t9-,10+. The van der Waals surface area contributed by atoms with Crippen molar-refractivity contribution >= 4 is 22.1 Å². The molecular formula is C13H20N4OS. The van der Waals surface area contributed by atoms with Crippen molar-refractivity contribution in [2.75, 3.05) is 24.5 Å². The number of hydrogen-bond donors (Lipinski definition) is 1. The van der Waals surface area contributed by atoms with Crippen molar-refractivity contribution in [2.24, 2.45) is 5.73 Å². The molecule has 0 unspecified atom stereocenters. The molecule has 2 aromatic rings. The summed E-state index contributed by atoms with van der Waals surface area (Å²) in [7, 11) is 0.